The lowest BCUT2D eigenvalue weighted by atomic mass is 9.47. The molecule has 7 atom stereocenters. The molecule has 0 amide bonds. The predicted molar refractivity (Wildman–Crippen MR) is 118 cm³/mol. The second-order valence-corrected chi connectivity index (χ2v) is 12.0. The molecule has 154 valence electrons. The average molecular weight is 371 g/mol. The molecule has 0 heteroatoms. The van der Waals surface area contributed by atoms with Crippen molar-refractivity contribution >= 4 is 0 Å². The molecule has 3 fully saturated rings. The maximum atomic E-state index is 2.74. The second kappa shape index (κ2) is 7.53. The molecule has 3 unspecified atom stereocenters. The van der Waals surface area contributed by atoms with Crippen LogP contribution in [0, 0.1) is 46.3 Å². The highest BCUT2D eigenvalue weighted by atomic mass is 14.6. The Bertz CT molecular complexity index is 556. The van der Waals surface area contributed by atoms with Crippen molar-refractivity contribution in [2.75, 3.05) is 0 Å². The highest BCUT2D eigenvalue weighted by Gasteiger charge is 2.58. The Balaban J connectivity index is 1.49. The van der Waals surface area contributed by atoms with Crippen LogP contribution in [-0.4, -0.2) is 0 Å². The molecule has 0 heterocycles. The van der Waals surface area contributed by atoms with Crippen molar-refractivity contribution in [3.8, 4) is 0 Å². The van der Waals surface area contributed by atoms with E-state index >= 15 is 0 Å². The van der Waals surface area contributed by atoms with Gasteiger partial charge in [-0.25, -0.2) is 0 Å². The fourth-order valence-electron chi connectivity index (χ4n) is 8.72. The molecule has 0 aliphatic heterocycles. The van der Waals surface area contributed by atoms with E-state index in [9.17, 15) is 0 Å². The first-order valence-corrected chi connectivity index (χ1v) is 12.6. The van der Waals surface area contributed by atoms with Gasteiger partial charge >= 0.3 is 0 Å². The van der Waals surface area contributed by atoms with Crippen molar-refractivity contribution in [2.24, 2.45) is 46.3 Å². The molecule has 27 heavy (non-hydrogen) atoms. The van der Waals surface area contributed by atoms with Gasteiger partial charge in [0.1, 0.15) is 0 Å². The Morgan fingerprint density at radius 3 is 2.56 bits per heavy atom. The Hall–Kier alpha value is -0.260. The second-order valence-electron chi connectivity index (χ2n) is 12.0. The van der Waals surface area contributed by atoms with Gasteiger partial charge in [-0.1, -0.05) is 72.0 Å². The lowest BCUT2D eigenvalue weighted by Crippen LogP contribution is -2.50. The van der Waals surface area contributed by atoms with Gasteiger partial charge < -0.3 is 0 Å². The molecule has 0 aromatic rings. The maximum absolute atomic E-state index is 2.74. The van der Waals surface area contributed by atoms with Crippen molar-refractivity contribution < 1.29 is 0 Å². The van der Waals surface area contributed by atoms with Gasteiger partial charge in [0.05, 0.1) is 0 Å². The fraction of sp³-hybridized carbons (Fsp3) is 0.926. The van der Waals surface area contributed by atoms with Crippen LogP contribution in [0.4, 0.5) is 0 Å². The van der Waals surface area contributed by atoms with Gasteiger partial charge in [0, 0.05) is 0 Å². The van der Waals surface area contributed by atoms with E-state index in [-0.39, 0.29) is 0 Å². The molecule has 0 spiro atoms. The lowest BCUT2D eigenvalue weighted by molar-refractivity contribution is -0.0500. The van der Waals surface area contributed by atoms with E-state index in [1.54, 1.807) is 0 Å². The van der Waals surface area contributed by atoms with Crippen molar-refractivity contribution in [1.82, 2.24) is 0 Å². The molecule has 0 aromatic carbocycles. The van der Waals surface area contributed by atoms with E-state index < -0.39 is 0 Å². The van der Waals surface area contributed by atoms with Crippen LogP contribution in [0.15, 0.2) is 11.6 Å². The van der Waals surface area contributed by atoms with E-state index in [1.807, 2.05) is 5.57 Å². The van der Waals surface area contributed by atoms with Gasteiger partial charge in [-0.05, 0) is 97.7 Å². The van der Waals surface area contributed by atoms with E-state index in [4.69, 9.17) is 0 Å². The summed E-state index contributed by atoms with van der Waals surface area (Å²) >= 11 is 0. The summed E-state index contributed by atoms with van der Waals surface area (Å²) < 4.78 is 0. The van der Waals surface area contributed by atoms with Crippen molar-refractivity contribution in [3.05, 3.63) is 11.6 Å². The van der Waals surface area contributed by atoms with Gasteiger partial charge in [-0.3, -0.25) is 0 Å². The van der Waals surface area contributed by atoms with E-state index in [0.29, 0.717) is 10.8 Å². The summed E-state index contributed by atoms with van der Waals surface area (Å²) in [6, 6.07) is 0. The first kappa shape index (κ1) is 20.0. The molecule has 3 saturated carbocycles. The number of hydrogen-bond acceptors (Lipinski definition) is 0. The predicted octanol–water partition coefficient (Wildman–Crippen LogP) is 8.42. The molecule has 4 aliphatic carbocycles. The Kier molecular flexibility index (Phi) is 5.59. The molecular formula is C27H46. The minimum atomic E-state index is 0.573. The molecule has 0 nitrogen and oxygen atoms in total. The molecule has 0 radical (unpaired) electrons. The SMILES string of the molecule is CC(C)CCC[C@@H](C)C1CCC2[C@@H]3CC=C4CCCC[C@]4(C)C3CC[C@@]21C. The van der Waals surface area contributed by atoms with Gasteiger partial charge in [-0.2, -0.15) is 0 Å². The minimum Gasteiger partial charge on any atom is -0.0845 e. The molecule has 0 N–H and O–H groups in total. The summed E-state index contributed by atoms with van der Waals surface area (Å²) in [6.45, 7) is 12.8. The fourth-order valence-corrected chi connectivity index (χ4v) is 8.72. The monoisotopic (exact) mass is 370 g/mol. The van der Waals surface area contributed by atoms with Crippen LogP contribution in [0.25, 0.3) is 0 Å². The third kappa shape index (κ3) is 3.36. The highest BCUT2D eigenvalue weighted by Crippen LogP contribution is 2.67. The summed E-state index contributed by atoms with van der Waals surface area (Å²) in [4.78, 5) is 0. The summed E-state index contributed by atoms with van der Waals surface area (Å²) in [5.74, 6) is 5.84. The number of hydrogen-bond donors (Lipinski definition) is 0. The zero-order valence-corrected chi connectivity index (χ0v) is 19.0. The van der Waals surface area contributed by atoms with Crippen LogP contribution in [0.2, 0.25) is 0 Å². The zero-order valence-electron chi connectivity index (χ0n) is 19.0. The van der Waals surface area contributed by atoms with Gasteiger partial charge in [-0.15, -0.1) is 0 Å². The van der Waals surface area contributed by atoms with E-state index in [0.717, 1.165) is 35.5 Å². The van der Waals surface area contributed by atoms with Crippen LogP contribution >= 0.6 is 0 Å². The van der Waals surface area contributed by atoms with Crippen LogP contribution in [0.5, 0.6) is 0 Å². The van der Waals surface area contributed by atoms with Gasteiger partial charge in [0.15, 0.2) is 0 Å². The van der Waals surface area contributed by atoms with E-state index in [2.05, 4.69) is 40.7 Å². The highest BCUT2D eigenvalue weighted by molar-refractivity contribution is 5.24. The molecule has 0 saturated heterocycles. The van der Waals surface area contributed by atoms with Crippen molar-refractivity contribution in [3.63, 3.8) is 0 Å². The number of fused-ring (bicyclic) bond motifs is 5. The van der Waals surface area contributed by atoms with Crippen molar-refractivity contribution in [2.45, 2.75) is 112 Å². The zero-order chi connectivity index (χ0) is 19.2. The third-order valence-electron chi connectivity index (χ3n) is 10.2. The molecule has 4 aliphatic rings. The first-order chi connectivity index (χ1) is 12.9. The summed E-state index contributed by atoms with van der Waals surface area (Å²) in [7, 11) is 0. The largest absolute Gasteiger partial charge is 0.0845 e. The average Bonchev–Trinajstić information content (AvgIpc) is 2.98. The molecule has 0 bridgehead atoms. The standard InChI is InChI=1S/C27H46/c1-19(2)9-8-10-20(3)23-14-15-24-22-13-12-21-11-6-7-17-26(21,4)25(22)16-18-27(23,24)5/h12,19-20,22-25H,6-11,13-18H2,1-5H3/t20-,22+,23?,24?,25?,26+,27-/m1/s1. The first-order valence-electron chi connectivity index (χ1n) is 12.6. The smallest absolute Gasteiger partial charge is 0.00853 e. The van der Waals surface area contributed by atoms with Crippen LogP contribution in [-0.2, 0) is 0 Å². The lowest BCUT2D eigenvalue weighted by Gasteiger charge is -2.58. The summed E-state index contributed by atoms with van der Waals surface area (Å²) in [5.41, 5.74) is 3.09. The molecular weight excluding hydrogens is 324 g/mol. The van der Waals surface area contributed by atoms with Gasteiger partial charge in [0.2, 0.25) is 0 Å². The molecule has 0 aromatic heterocycles. The molecule has 4 rings (SSSR count). The van der Waals surface area contributed by atoms with E-state index in [1.165, 1.54) is 77.0 Å². The quantitative estimate of drug-likeness (QED) is 0.426. The van der Waals surface area contributed by atoms with Gasteiger partial charge in [0.25, 0.3) is 0 Å². The third-order valence-corrected chi connectivity index (χ3v) is 10.2. The Labute approximate surface area is 170 Å². The van der Waals surface area contributed by atoms with Crippen LogP contribution in [0.1, 0.15) is 112 Å². The normalized spacial score (nSPS) is 45.0. The summed E-state index contributed by atoms with van der Waals surface area (Å²) in [5, 5.41) is 0. The Morgan fingerprint density at radius 1 is 0.963 bits per heavy atom. The van der Waals surface area contributed by atoms with Crippen molar-refractivity contribution in [1.29, 1.82) is 0 Å². The maximum Gasteiger partial charge on any atom is -0.00853 e. The Morgan fingerprint density at radius 2 is 1.78 bits per heavy atom. The number of rotatable bonds is 5. The minimum absolute atomic E-state index is 0.573. The summed E-state index contributed by atoms with van der Waals surface area (Å²) in [6.07, 6.45) is 20.5. The van der Waals surface area contributed by atoms with Crippen LogP contribution in [0.3, 0.4) is 0 Å². The number of allylic oxidation sites excluding steroid dienone is 2. The van der Waals surface area contributed by atoms with Crippen LogP contribution < -0.4 is 0 Å². The topological polar surface area (TPSA) is 0 Å².